The van der Waals surface area contributed by atoms with Gasteiger partial charge in [-0.05, 0) is 43.9 Å². The zero-order valence-corrected chi connectivity index (χ0v) is 11.5. The molecule has 0 aliphatic heterocycles. The van der Waals surface area contributed by atoms with E-state index in [1.54, 1.807) is 5.57 Å². The summed E-state index contributed by atoms with van der Waals surface area (Å²) >= 11 is 0. The Bertz CT molecular complexity index is 519. The molecular formula is C13H18O5S. The number of rotatable bonds is 5. The number of hydrogen-bond donors (Lipinski definition) is 1. The third-order valence-electron chi connectivity index (χ3n) is 4.73. The summed E-state index contributed by atoms with van der Waals surface area (Å²) in [4.78, 5) is 12.2. The summed E-state index contributed by atoms with van der Waals surface area (Å²) < 4.78 is 34.9. The Morgan fingerprint density at radius 2 is 2.11 bits per heavy atom. The molecule has 4 bridgehead atoms. The Hall–Kier alpha value is -0.880. The van der Waals surface area contributed by atoms with Crippen molar-refractivity contribution in [3.8, 4) is 0 Å². The predicted molar refractivity (Wildman–Crippen MR) is 68.0 cm³/mol. The van der Waals surface area contributed by atoms with Crippen LogP contribution in [0.25, 0.3) is 0 Å². The van der Waals surface area contributed by atoms with Gasteiger partial charge in [-0.2, -0.15) is 8.42 Å². The Morgan fingerprint density at radius 3 is 2.68 bits per heavy atom. The first-order valence-electron chi connectivity index (χ1n) is 6.72. The van der Waals surface area contributed by atoms with Crippen molar-refractivity contribution >= 4 is 16.1 Å². The van der Waals surface area contributed by atoms with Crippen molar-refractivity contribution < 1.29 is 22.5 Å². The lowest BCUT2D eigenvalue weighted by molar-refractivity contribution is -0.163. The molecule has 0 saturated heterocycles. The third kappa shape index (κ3) is 2.31. The van der Waals surface area contributed by atoms with E-state index in [0.717, 1.165) is 19.3 Å². The highest BCUT2D eigenvalue weighted by atomic mass is 32.2. The van der Waals surface area contributed by atoms with E-state index in [2.05, 4.69) is 6.08 Å². The first-order valence-corrected chi connectivity index (χ1v) is 8.33. The van der Waals surface area contributed by atoms with Crippen LogP contribution >= 0.6 is 0 Å². The molecule has 2 atom stereocenters. The molecule has 19 heavy (non-hydrogen) atoms. The maximum Gasteiger partial charge on any atom is 0.312 e. The number of hydrogen-bond acceptors (Lipinski definition) is 4. The maximum absolute atomic E-state index is 12.2. The normalized spacial score (nSPS) is 35.5. The van der Waals surface area contributed by atoms with Crippen LogP contribution in [0.5, 0.6) is 0 Å². The summed E-state index contributed by atoms with van der Waals surface area (Å²) in [6.07, 6.45) is 6.12. The highest BCUT2D eigenvalue weighted by Gasteiger charge is 2.56. The van der Waals surface area contributed by atoms with E-state index in [9.17, 15) is 13.2 Å². The second kappa shape index (κ2) is 4.31. The first kappa shape index (κ1) is 13.1. The molecule has 0 spiro atoms. The van der Waals surface area contributed by atoms with Gasteiger partial charge in [0.2, 0.25) is 0 Å². The lowest BCUT2D eigenvalue weighted by Gasteiger charge is -2.56. The van der Waals surface area contributed by atoms with Gasteiger partial charge in [-0.3, -0.25) is 9.35 Å². The van der Waals surface area contributed by atoms with Crippen molar-refractivity contribution in [1.29, 1.82) is 0 Å². The van der Waals surface area contributed by atoms with Crippen molar-refractivity contribution in [1.82, 2.24) is 0 Å². The minimum atomic E-state index is -3.96. The molecule has 5 aliphatic carbocycles. The molecule has 3 fully saturated rings. The molecule has 5 aliphatic rings. The van der Waals surface area contributed by atoms with Crippen LogP contribution in [0.4, 0.5) is 0 Å². The summed E-state index contributed by atoms with van der Waals surface area (Å²) in [6, 6.07) is 0. The first-order chi connectivity index (χ1) is 8.90. The van der Waals surface area contributed by atoms with E-state index in [0.29, 0.717) is 11.8 Å². The van der Waals surface area contributed by atoms with Gasteiger partial charge in [0.05, 0.1) is 17.8 Å². The highest BCUT2D eigenvalue weighted by molar-refractivity contribution is 7.85. The maximum atomic E-state index is 12.2. The lowest BCUT2D eigenvalue weighted by Crippen LogP contribution is -2.51. The highest BCUT2D eigenvalue weighted by Crippen LogP contribution is 2.62. The molecule has 1 N–H and O–H groups in total. The van der Waals surface area contributed by atoms with Crippen LogP contribution in [0.15, 0.2) is 11.6 Å². The summed E-state index contributed by atoms with van der Waals surface area (Å²) in [7, 11) is -3.96. The van der Waals surface area contributed by atoms with Gasteiger partial charge in [0, 0.05) is 0 Å². The smallest absolute Gasteiger partial charge is 0.312 e. The molecule has 0 heterocycles. The van der Waals surface area contributed by atoms with E-state index in [1.165, 1.54) is 6.42 Å². The fourth-order valence-electron chi connectivity index (χ4n) is 3.84. The van der Waals surface area contributed by atoms with Crippen molar-refractivity contribution in [3.63, 3.8) is 0 Å². The SMILES string of the molecule is O=C(OCCCS(=O)(=O)O)C12CC=C3C(CC3C1)C2. The van der Waals surface area contributed by atoms with Crippen LogP contribution in [-0.4, -0.2) is 31.3 Å². The monoisotopic (exact) mass is 286 g/mol. The van der Waals surface area contributed by atoms with Crippen LogP contribution in [0.2, 0.25) is 0 Å². The molecule has 0 amide bonds. The molecule has 106 valence electrons. The number of fused-ring (bicyclic) bond motifs is 1. The fourth-order valence-corrected chi connectivity index (χ4v) is 4.32. The van der Waals surface area contributed by atoms with Crippen LogP contribution in [-0.2, 0) is 19.6 Å². The molecule has 5 rings (SSSR count). The molecular weight excluding hydrogens is 268 g/mol. The van der Waals surface area contributed by atoms with Gasteiger partial charge >= 0.3 is 5.97 Å². The number of allylic oxidation sites excluding steroid dienone is 2. The summed E-state index contributed by atoms with van der Waals surface area (Å²) in [5.74, 6) is 0.617. The largest absolute Gasteiger partial charge is 0.465 e. The Balaban J connectivity index is 1.53. The summed E-state index contributed by atoms with van der Waals surface area (Å²) in [5.41, 5.74) is 1.19. The van der Waals surface area contributed by atoms with Gasteiger partial charge in [-0.1, -0.05) is 11.6 Å². The average Bonchev–Trinajstić information content (AvgIpc) is 2.33. The van der Waals surface area contributed by atoms with Gasteiger partial charge in [0.25, 0.3) is 10.1 Å². The summed E-state index contributed by atoms with van der Waals surface area (Å²) in [5, 5.41) is 0. The van der Waals surface area contributed by atoms with Gasteiger partial charge < -0.3 is 4.74 Å². The standard InChI is InChI=1S/C13H18O5S/c14-12(18-4-1-5-19(15,16)17)13-3-2-11-9(7-13)6-10(11)8-13/h2,9-10H,1,3-8H2,(H,15,16,17). The number of ether oxygens (including phenoxy) is 1. The molecule has 0 radical (unpaired) electrons. The Morgan fingerprint density at radius 1 is 1.42 bits per heavy atom. The zero-order chi connectivity index (χ0) is 13.7. The molecule has 6 heteroatoms. The third-order valence-corrected chi connectivity index (χ3v) is 5.53. The number of esters is 1. The molecule has 3 saturated carbocycles. The molecule has 5 nitrogen and oxygen atoms in total. The van der Waals surface area contributed by atoms with E-state index in [-0.39, 0.29) is 30.2 Å². The van der Waals surface area contributed by atoms with E-state index in [1.807, 2.05) is 0 Å². The number of carbonyl (C=O) groups is 1. The lowest BCUT2D eigenvalue weighted by atomic mass is 9.48. The zero-order valence-electron chi connectivity index (χ0n) is 10.7. The number of carbonyl (C=O) groups excluding carboxylic acids is 1. The van der Waals surface area contributed by atoms with Crippen LogP contribution in [0.3, 0.4) is 0 Å². The van der Waals surface area contributed by atoms with Crippen LogP contribution < -0.4 is 0 Å². The predicted octanol–water partition coefficient (Wildman–Crippen LogP) is 1.55. The quantitative estimate of drug-likeness (QED) is 0.359. The minimum absolute atomic E-state index is 0.0618. The van der Waals surface area contributed by atoms with E-state index < -0.39 is 10.1 Å². The van der Waals surface area contributed by atoms with Crippen LogP contribution in [0, 0.1) is 17.3 Å². The van der Waals surface area contributed by atoms with Gasteiger partial charge in [0.1, 0.15) is 0 Å². The second-order valence-corrected chi connectivity index (χ2v) is 7.57. The van der Waals surface area contributed by atoms with Gasteiger partial charge in [0.15, 0.2) is 0 Å². The molecule has 0 aromatic carbocycles. The van der Waals surface area contributed by atoms with Crippen molar-refractivity contribution in [3.05, 3.63) is 11.6 Å². The van der Waals surface area contributed by atoms with Crippen LogP contribution in [0.1, 0.15) is 32.1 Å². The molecule has 0 aromatic rings. The fraction of sp³-hybridized carbons (Fsp3) is 0.769. The van der Waals surface area contributed by atoms with Crippen molar-refractivity contribution in [2.24, 2.45) is 17.3 Å². The molecule has 0 aromatic heterocycles. The Labute approximate surface area is 112 Å². The van der Waals surface area contributed by atoms with Crippen molar-refractivity contribution in [2.45, 2.75) is 32.1 Å². The van der Waals surface area contributed by atoms with E-state index in [4.69, 9.17) is 9.29 Å². The van der Waals surface area contributed by atoms with Crippen molar-refractivity contribution in [2.75, 3.05) is 12.4 Å². The van der Waals surface area contributed by atoms with Gasteiger partial charge in [-0.25, -0.2) is 0 Å². The average molecular weight is 286 g/mol. The molecule has 2 unspecified atom stereocenters. The minimum Gasteiger partial charge on any atom is -0.465 e. The second-order valence-electron chi connectivity index (χ2n) is 6.00. The van der Waals surface area contributed by atoms with Gasteiger partial charge in [-0.15, -0.1) is 0 Å². The van der Waals surface area contributed by atoms with E-state index >= 15 is 0 Å². The summed E-state index contributed by atoms with van der Waals surface area (Å²) in [6.45, 7) is 0.0618. The topological polar surface area (TPSA) is 80.7 Å². The Kier molecular flexibility index (Phi) is 2.98.